The van der Waals surface area contributed by atoms with Crippen LogP contribution in [0.4, 0.5) is 0 Å². The van der Waals surface area contributed by atoms with E-state index in [1.807, 2.05) is 32.0 Å². The first-order valence-electron chi connectivity index (χ1n) is 4.07. The fraction of sp³-hybridized carbons (Fsp3) is 0.200. The van der Waals surface area contributed by atoms with Crippen LogP contribution in [-0.4, -0.2) is 9.97 Å². The molecular weight excluding hydrogens is 228 g/mol. The minimum atomic E-state index is 0.942. The summed E-state index contributed by atoms with van der Waals surface area (Å²) in [6.07, 6.45) is 0. The van der Waals surface area contributed by atoms with Crippen molar-refractivity contribution in [2.45, 2.75) is 13.8 Å². The minimum Gasteiger partial charge on any atom is -0.250 e. The van der Waals surface area contributed by atoms with Crippen molar-refractivity contribution in [3.05, 3.63) is 34.1 Å². The predicted molar refractivity (Wildman–Crippen MR) is 56.7 cm³/mol. The van der Waals surface area contributed by atoms with Crippen molar-refractivity contribution < 1.29 is 0 Å². The van der Waals surface area contributed by atoms with Gasteiger partial charge in [-0.05, 0) is 32.0 Å². The van der Waals surface area contributed by atoms with Gasteiger partial charge in [-0.1, -0.05) is 15.9 Å². The molecule has 0 atom stereocenters. The number of nitrogens with zero attached hydrogens (tertiary/aromatic N) is 2. The Hall–Kier alpha value is -0.960. The second-order valence-corrected chi connectivity index (χ2v) is 3.94. The molecule has 3 heteroatoms. The first-order chi connectivity index (χ1) is 6.16. The van der Waals surface area contributed by atoms with Crippen LogP contribution >= 0.6 is 15.9 Å². The molecule has 2 rings (SSSR count). The highest BCUT2D eigenvalue weighted by Crippen LogP contribution is 2.17. The molecule has 0 saturated heterocycles. The van der Waals surface area contributed by atoms with Crippen molar-refractivity contribution >= 4 is 27.0 Å². The van der Waals surface area contributed by atoms with E-state index in [4.69, 9.17) is 0 Å². The van der Waals surface area contributed by atoms with Gasteiger partial charge in [-0.25, -0.2) is 9.97 Å². The van der Waals surface area contributed by atoms with Gasteiger partial charge in [0.15, 0.2) is 0 Å². The standard InChI is InChI=1S/C10H9BrN2/c1-6-7(2)13-10-5-8(11)3-4-9(10)12-6/h3-5H,1-2H3. The fourth-order valence-electron chi connectivity index (χ4n) is 1.20. The number of hydrogen-bond acceptors (Lipinski definition) is 2. The number of aryl methyl sites for hydroxylation is 2. The molecule has 0 aliphatic carbocycles. The maximum Gasteiger partial charge on any atom is 0.0901 e. The molecule has 1 aromatic heterocycles. The van der Waals surface area contributed by atoms with E-state index >= 15 is 0 Å². The Bertz CT molecular complexity index is 466. The molecule has 0 fully saturated rings. The Kier molecular flexibility index (Phi) is 2.04. The van der Waals surface area contributed by atoms with E-state index in [9.17, 15) is 0 Å². The molecule has 0 spiro atoms. The van der Waals surface area contributed by atoms with Crippen LogP contribution in [0, 0.1) is 13.8 Å². The molecule has 0 unspecified atom stereocenters. The van der Waals surface area contributed by atoms with E-state index in [2.05, 4.69) is 25.9 Å². The Balaban J connectivity index is 2.81. The molecule has 66 valence electrons. The first kappa shape index (κ1) is 8.63. The molecule has 13 heavy (non-hydrogen) atoms. The van der Waals surface area contributed by atoms with Gasteiger partial charge in [0, 0.05) is 4.47 Å². The number of halogens is 1. The molecule has 0 N–H and O–H groups in total. The average molecular weight is 237 g/mol. The van der Waals surface area contributed by atoms with Gasteiger partial charge in [0.1, 0.15) is 0 Å². The largest absolute Gasteiger partial charge is 0.250 e. The summed E-state index contributed by atoms with van der Waals surface area (Å²) in [5, 5.41) is 0. The van der Waals surface area contributed by atoms with Crippen molar-refractivity contribution in [1.29, 1.82) is 0 Å². The lowest BCUT2D eigenvalue weighted by atomic mass is 10.2. The Morgan fingerprint density at radius 2 is 1.62 bits per heavy atom. The molecule has 2 nitrogen and oxygen atoms in total. The first-order valence-corrected chi connectivity index (χ1v) is 4.86. The smallest absolute Gasteiger partial charge is 0.0901 e. The zero-order chi connectivity index (χ0) is 9.42. The lowest BCUT2D eigenvalue weighted by Gasteiger charge is -2.01. The predicted octanol–water partition coefficient (Wildman–Crippen LogP) is 3.01. The topological polar surface area (TPSA) is 25.8 Å². The third kappa shape index (κ3) is 1.56. The third-order valence-corrected chi connectivity index (χ3v) is 2.53. The van der Waals surface area contributed by atoms with Crippen LogP contribution in [0.2, 0.25) is 0 Å². The fourth-order valence-corrected chi connectivity index (χ4v) is 1.55. The third-order valence-electron chi connectivity index (χ3n) is 2.04. The Morgan fingerprint density at radius 3 is 2.31 bits per heavy atom. The normalized spacial score (nSPS) is 10.7. The van der Waals surface area contributed by atoms with Gasteiger partial charge in [-0.15, -0.1) is 0 Å². The SMILES string of the molecule is Cc1nc2ccc(Br)cc2nc1C. The summed E-state index contributed by atoms with van der Waals surface area (Å²) >= 11 is 3.41. The molecule has 0 saturated carbocycles. The maximum absolute atomic E-state index is 4.44. The molecule has 0 bridgehead atoms. The zero-order valence-corrected chi connectivity index (χ0v) is 9.09. The summed E-state index contributed by atoms with van der Waals surface area (Å²) in [7, 11) is 0. The summed E-state index contributed by atoms with van der Waals surface area (Å²) < 4.78 is 1.04. The van der Waals surface area contributed by atoms with E-state index in [1.54, 1.807) is 0 Å². The molecule has 2 aromatic rings. The van der Waals surface area contributed by atoms with Crippen molar-refractivity contribution in [1.82, 2.24) is 9.97 Å². The van der Waals surface area contributed by atoms with Crippen LogP contribution in [0.1, 0.15) is 11.4 Å². The highest BCUT2D eigenvalue weighted by molar-refractivity contribution is 9.10. The minimum absolute atomic E-state index is 0.942. The van der Waals surface area contributed by atoms with Crippen LogP contribution in [-0.2, 0) is 0 Å². The molecule has 1 aromatic carbocycles. The molecule has 0 aliphatic heterocycles. The summed E-state index contributed by atoms with van der Waals surface area (Å²) in [5.74, 6) is 0. The summed E-state index contributed by atoms with van der Waals surface area (Å²) in [6.45, 7) is 3.95. The highest BCUT2D eigenvalue weighted by Gasteiger charge is 2.00. The number of benzene rings is 1. The van der Waals surface area contributed by atoms with Crippen molar-refractivity contribution in [3.63, 3.8) is 0 Å². The van der Waals surface area contributed by atoms with Gasteiger partial charge in [-0.2, -0.15) is 0 Å². The number of rotatable bonds is 0. The zero-order valence-electron chi connectivity index (χ0n) is 7.50. The van der Waals surface area contributed by atoms with Crippen molar-refractivity contribution in [2.24, 2.45) is 0 Å². The molecular formula is C10H9BrN2. The average Bonchev–Trinajstić information content (AvgIpc) is 2.08. The molecule has 0 radical (unpaired) electrons. The second kappa shape index (κ2) is 3.07. The van der Waals surface area contributed by atoms with Crippen LogP contribution in [0.5, 0.6) is 0 Å². The molecule has 0 aliphatic rings. The summed E-state index contributed by atoms with van der Waals surface area (Å²) in [5.41, 5.74) is 3.88. The highest BCUT2D eigenvalue weighted by atomic mass is 79.9. The van der Waals surface area contributed by atoms with Crippen LogP contribution in [0.15, 0.2) is 22.7 Å². The summed E-state index contributed by atoms with van der Waals surface area (Å²) in [6, 6.07) is 5.93. The lowest BCUT2D eigenvalue weighted by Crippen LogP contribution is -1.92. The van der Waals surface area contributed by atoms with Gasteiger partial charge in [0.25, 0.3) is 0 Å². The van der Waals surface area contributed by atoms with Gasteiger partial charge in [-0.3, -0.25) is 0 Å². The van der Waals surface area contributed by atoms with Crippen molar-refractivity contribution in [3.8, 4) is 0 Å². The quantitative estimate of drug-likeness (QED) is 0.703. The lowest BCUT2D eigenvalue weighted by molar-refractivity contribution is 1.10. The number of fused-ring (bicyclic) bond motifs is 1. The van der Waals surface area contributed by atoms with Gasteiger partial charge < -0.3 is 0 Å². The van der Waals surface area contributed by atoms with Gasteiger partial charge in [0.05, 0.1) is 22.4 Å². The van der Waals surface area contributed by atoms with Crippen LogP contribution in [0.3, 0.4) is 0 Å². The van der Waals surface area contributed by atoms with E-state index in [0.29, 0.717) is 0 Å². The van der Waals surface area contributed by atoms with Crippen LogP contribution in [0.25, 0.3) is 11.0 Å². The molecule has 0 amide bonds. The van der Waals surface area contributed by atoms with Gasteiger partial charge >= 0.3 is 0 Å². The Morgan fingerprint density at radius 1 is 1.00 bits per heavy atom. The van der Waals surface area contributed by atoms with Crippen LogP contribution < -0.4 is 0 Å². The van der Waals surface area contributed by atoms with Crippen molar-refractivity contribution in [2.75, 3.05) is 0 Å². The van der Waals surface area contributed by atoms with E-state index in [1.165, 1.54) is 0 Å². The van der Waals surface area contributed by atoms with Gasteiger partial charge in [0.2, 0.25) is 0 Å². The monoisotopic (exact) mass is 236 g/mol. The van der Waals surface area contributed by atoms with E-state index in [-0.39, 0.29) is 0 Å². The number of hydrogen-bond donors (Lipinski definition) is 0. The van der Waals surface area contributed by atoms with E-state index < -0.39 is 0 Å². The second-order valence-electron chi connectivity index (χ2n) is 3.03. The number of aromatic nitrogens is 2. The van der Waals surface area contributed by atoms with E-state index in [0.717, 1.165) is 26.9 Å². The maximum atomic E-state index is 4.44. The Labute approximate surface area is 85.1 Å². The molecule has 1 heterocycles. The summed E-state index contributed by atoms with van der Waals surface area (Å²) in [4.78, 5) is 8.88.